The number of amides is 1. The largest absolute Gasteiger partial charge is 0.387 e. The van der Waals surface area contributed by atoms with Crippen molar-refractivity contribution >= 4 is 11.7 Å². The second-order valence-corrected chi connectivity index (χ2v) is 3.79. The molecule has 1 fully saturated rings. The molecule has 0 spiro atoms. The summed E-state index contributed by atoms with van der Waals surface area (Å²) >= 11 is 0. The van der Waals surface area contributed by atoms with Crippen molar-refractivity contribution in [2.45, 2.75) is 20.3 Å². The molecule has 1 aliphatic rings. The van der Waals surface area contributed by atoms with Gasteiger partial charge < -0.3 is 11.1 Å². The summed E-state index contributed by atoms with van der Waals surface area (Å²) in [6.07, 6.45) is 0.592. The zero-order chi connectivity index (χ0) is 9.84. The van der Waals surface area contributed by atoms with Crippen LogP contribution >= 0.6 is 0 Å². The van der Waals surface area contributed by atoms with Crippen LogP contribution in [0.1, 0.15) is 20.3 Å². The normalized spacial score (nSPS) is 23.8. The molecule has 0 aliphatic carbocycles. The van der Waals surface area contributed by atoms with Crippen molar-refractivity contribution in [3.05, 3.63) is 0 Å². The van der Waals surface area contributed by atoms with Gasteiger partial charge in [0.05, 0.1) is 5.84 Å². The molecule has 1 atom stereocenters. The Morgan fingerprint density at radius 2 is 2.46 bits per heavy atom. The molecule has 0 aromatic heterocycles. The third kappa shape index (κ3) is 3.05. The summed E-state index contributed by atoms with van der Waals surface area (Å²) in [5.74, 6) is 1.44. The van der Waals surface area contributed by atoms with Gasteiger partial charge in [-0.2, -0.15) is 0 Å². The van der Waals surface area contributed by atoms with Gasteiger partial charge in [-0.25, -0.2) is 0 Å². The number of carbonyl (C=O) groups is 1. The number of rotatable bonds is 3. The van der Waals surface area contributed by atoms with Gasteiger partial charge in [-0.1, -0.05) is 13.8 Å². The lowest BCUT2D eigenvalue weighted by atomic mass is 10.1. The molecule has 1 heterocycles. The van der Waals surface area contributed by atoms with E-state index in [9.17, 15) is 4.79 Å². The van der Waals surface area contributed by atoms with Crippen molar-refractivity contribution in [2.24, 2.45) is 22.6 Å². The molecule has 0 aromatic carbocycles. The van der Waals surface area contributed by atoms with Crippen LogP contribution in [0.5, 0.6) is 0 Å². The molecule has 4 nitrogen and oxygen atoms in total. The molecule has 0 bridgehead atoms. The molecule has 1 rings (SSSR count). The fourth-order valence-electron chi connectivity index (χ4n) is 1.21. The lowest BCUT2D eigenvalue weighted by Gasteiger charge is -2.06. The van der Waals surface area contributed by atoms with Crippen LogP contribution in [0.15, 0.2) is 4.99 Å². The van der Waals surface area contributed by atoms with Gasteiger partial charge in [-0.3, -0.25) is 9.79 Å². The highest BCUT2D eigenvalue weighted by Gasteiger charge is 2.20. The first kappa shape index (κ1) is 10.0. The van der Waals surface area contributed by atoms with Crippen molar-refractivity contribution in [1.82, 2.24) is 5.32 Å². The van der Waals surface area contributed by atoms with Gasteiger partial charge in [0.25, 0.3) is 0 Å². The predicted molar refractivity (Wildman–Crippen MR) is 52.4 cm³/mol. The zero-order valence-corrected chi connectivity index (χ0v) is 8.21. The minimum Gasteiger partial charge on any atom is -0.387 e. The Bertz CT molecular complexity index is 223. The molecule has 0 aromatic rings. The quantitative estimate of drug-likeness (QED) is 0.482. The molecule has 74 valence electrons. The van der Waals surface area contributed by atoms with E-state index >= 15 is 0 Å². The molecule has 13 heavy (non-hydrogen) atoms. The fraction of sp³-hybridized carbons (Fsp3) is 0.778. The maximum absolute atomic E-state index is 10.8. The summed E-state index contributed by atoms with van der Waals surface area (Å²) in [6.45, 7) is 5.43. The number of nitrogens with zero attached hydrogens (tertiary/aromatic N) is 1. The number of nitrogens with two attached hydrogens (primary N) is 1. The maximum Gasteiger partial charge on any atom is 0.220 e. The first-order chi connectivity index (χ1) is 6.09. The third-order valence-electron chi connectivity index (χ3n) is 2.19. The maximum atomic E-state index is 10.8. The van der Waals surface area contributed by atoms with E-state index in [0.717, 1.165) is 6.54 Å². The summed E-state index contributed by atoms with van der Waals surface area (Å²) in [5.41, 5.74) is 5.67. The van der Waals surface area contributed by atoms with Gasteiger partial charge in [0, 0.05) is 31.3 Å². The zero-order valence-electron chi connectivity index (χ0n) is 8.21. The van der Waals surface area contributed by atoms with Gasteiger partial charge >= 0.3 is 0 Å². The Morgan fingerprint density at radius 3 is 2.92 bits per heavy atom. The molecule has 0 saturated carbocycles. The van der Waals surface area contributed by atoms with Crippen molar-refractivity contribution in [1.29, 1.82) is 0 Å². The van der Waals surface area contributed by atoms with Gasteiger partial charge in [-0.15, -0.1) is 0 Å². The molecular weight excluding hydrogens is 166 g/mol. The average Bonchev–Trinajstić information content (AvgIpc) is 2.47. The smallest absolute Gasteiger partial charge is 0.220 e. The second kappa shape index (κ2) is 4.25. The van der Waals surface area contributed by atoms with Crippen molar-refractivity contribution in [2.75, 3.05) is 13.1 Å². The van der Waals surface area contributed by atoms with E-state index in [1.165, 1.54) is 0 Å². The highest BCUT2D eigenvalue weighted by atomic mass is 16.1. The number of nitrogens with one attached hydrogen (secondary N) is 1. The molecular formula is C9H17N3O. The summed E-state index contributed by atoms with van der Waals surface area (Å²) in [5, 5.41) is 2.77. The number of amidine groups is 1. The Balaban J connectivity index is 2.34. The Hall–Kier alpha value is -1.06. The van der Waals surface area contributed by atoms with Crippen molar-refractivity contribution in [3.8, 4) is 0 Å². The van der Waals surface area contributed by atoms with E-state index in [1.807, 2.05) is 13.8 Å². The fourth-order valence-corrected chi connectivity index (χ4v) is 1.21. The van der Waals surface area contributed by atoms with E-state index in [1.54, 1.807) is 0 Å². The number of carbonyl (C=O) groups excluding carboxylic acids is 1. The van der Waals surface area contributed by atoms with Crippen LogP contribution in [0.4, 0.5) is 0 Å². The number of aliphatic imine (C=N–C) groups is 1. The van der Waals surface area contributed by atoms with E-state index < -0.39 is 0 Å². The summed E-state index contributed by atoms with van der Waals surface area (Å²) in [6, 6.07) is 0. The Labute approximate surface area is 78.6 Å². The highest BCUT2D eigenvalue weighted by molar-refractivity contribution is 5.82. The van der Waals surface area contributed by atoms with Gasteiger partial charge in [0.15, 0.2) is 0 Å². The van der Waals surface area contributed by atoms with E-state index in [0.29, 0.717) is 30.6 Å². The summed E-state index contributed by atoms with van der Waals surface area (Å²) < 4.78 is 0. The van der Waals surface area contributed by atoms with Gasteiger partial charge in [0.1, 0.15) is 0 Å². The van der Waals surface area contributed by atoms with Crippen LogP contribution < -0.4 is 11.1 Å². The standard InChI is InChI=1S/C9H17N3O/c1-6(2)9(10)12-5-7-3-8(13)11-4-7/h6-7H,3-5H2,1-2H3,(H2,10,12)(H,11,13). The van der Waals surface area contributed by atoms with Crippen molar-refractivity contribution in [3.63, 3.8) is 0 Å². The highest BCUT2D eigenvalue weighted by Crippen LogP contribution is 2.09. The van der Waals surface area contributed by atoms with Crippen LogP contribution in [0.3, 0.4) is 0 Å². The molecule has 0 radical (unpaired) electrons. The van der Waals surface area contributed by atoms with Crippen molar-refractivity contribution < 1.29 is 4.79 Å². The van der Waals surface area contributed by atoms with E-state index in [4.69, 9.17) is 5.73 Å². The lowest BCUT2D eigenvalue weighted by molar-refractivity contribution is -0.119. The van der Waals surface area contributed by atoms with Gasteiger partial charge in [0.2, 0.25) is 5.91 Å². The number of hydrogen-bond donors (Lipinski definition) is 2. The first-order valence-corrected chi connectivity index (χ1v) is 4.66. The van der Waals surface area contributed by atoms with Crippen LogP contribution in [-0.2, 0) is 4.79 Å². The second-order valence-electron chi connectivity index (χ2n) is 3.79. The molecule has 4 heteroatoms. The van der Waals surface area contributed by atoms with Gasteiger partial charge in [-0.05, 0) is 0 Å². The lowest BCUT2D eigenvalue weighted by Crippen LogP contribution is -2.21. The Kier molecular flexibility index (Phi) is 3.28. The molecule has 1 saturated heterocycles. The molecule has 1 aliphatic heterocycles. The first-order valence-electron chi connectivity index (χ1n) is 4.66. The molecule has 1 unspecified atom stereocenters. The predicted octanol–water partition coefficient (Wildman–Crippen LogP) is 0.136. The number of hydrogen-bond acceptors (Lipinski definition) is 2. The van der Waals surface area contributed by atoms with E-state index in [-0.39, 0.29) is 5.91 Å². The summed E-state index contributed by atoms with van der Waals surface area (Å²) in [4.78, 5) is 15.1. The topological polar surface area (TPSA) is 67.5 Å². The molecule has 3 N–H and O–H groups in total. The minimum absolute atomic E-state index is 0.128. The average molecular weight is 183 g/mol. The monoisotopic (exact) mass is 183 g/mol. The van der Waals surface area contributed by atoms with Crippen LogP contribution in [0, 0.1) is 11.8 Å². The minimum atomic E-state index is 0.128. The van der Waals surface area contributed by atoms with E-state index in [2.05, 4.69) is 10.3 Å². The third-order valence-corrected chi connectivity index (χ3v) is 2.19. The molecule has 1 amide bonds. The summed E-state index contributed by atoms with van der Waals surface area (Å²) in [7, 11) is 0. The van der Waals surface area contributed by atoms with Crippen LogP contribution in [0.2, 0.25) is 0 Å². The SMILES string of the molecule is CC(C)C(N)=NCC1CNC(=O)C1. The Morgan fingerprint density at radius 1 is 1.77 bits per heavy atom. The van der Waals surface area contributed by atoms with Crippen LogP contribution in [0.25, 0.3) is 0 Å². The van der Waals surface area contributed by atoms with Crippen LogP contribution in [-0.4, -0.2) is 24.8 Å².